The van der Waals surface area contributed by atoms with E-state index >= 15 is 0 Å². The maximum Gasteiger partial charge on any atom is 0.412 e. The van der Waals surface area contributed by atoms with Gasteiger partial charge in [-0.05, 0) is 51.3 Å². The first kappa shape index (κ1) is 16.3. The lowest BCUT2D eigenvalue weighted by Crippen LogP contribution is -2.36. The van der Waals surface area contributed by atoms with E-state index in [-0.39, 0.29) is 11.8 Å². The Bertz CT molecular complexity index is 553. The number of amides is 1. The third kappa shape index (κ3) is 4.00. The first-order valence-corrected chi connectivity index (χ1v) is 7.53. The van der Waals surface area contributed by atoms with Crippen LogP contribution in [0.1, 0.15) is 52.0 Å². The molecule has 1 amide bonds. The molecule has 0 unspecified atom stereocenters. The second-order valence-corrected chi connectivity index (χ2v) is 6.91. The largest absolute Gasteiger partial charge is 0.481 e. The fourth-order valence-electron chi connectivity index (χ4n) is 2.79. The van der Waals surface area contributed by atoms with Gasteiger partial charge in [0, 0.05) is 11.1 Å². The highest BCUT2D eigenvalue weighted by atomic mass is 16.6. The first-order valence-electron chi connectivity index (χ1n) is 7.53. The van der Waals surface area contributed by atoms with Gasteiger partial charge < -0.3 is 9.84 Å². The van der Waals surface area contributed by atoms with E-state index in [1.807, 2.05) is 32.9 Å². The Kier molecular flexibility index (Phi) is 4.44. The van der Waals surface area contributed by atoms with Gasteiger partial charge in [-0.25, -0.2) is 4.79 Å². The quantitative estimate of drug-likeness (QED) is 0.883. The number of carbonyl (C=O) groups excluding carboxylic acids is 1. The van der Waals surface area contributed by atoms with Crippen LogP contribution in [0.4, 0.5) is 10.5 Å². The van der Waals surface area contributed by atoms with E-state index in [4.69, 9.17) is 9.84 Å². The van der Waals surface area contributed by atoms with E-state index in [1.165, 1.54) is 0 Å². The average molecular weight is 305 g/mol. The zero-order chi connectivity index (χ0) is 16.4. The van der Waals surface area contributed by atoms with Crippen molar-refractivity contribution in [2.24, 2.45) is 0 Å². The standard InChI is InChI=1S/C17H23NO4/c1-16(2,3)22-15(21)18-13-7-5-12(6-8-13)17(9-4-10-17)11-14(19)20/h5-8H,4,9-11H2,1-3H3,(H,18,21)(H,19,20). The highest BCUT2D eigenvalue weighted by Crippen LogP contribution is 2.46. The molecule has 2 rings (SSSR count). The average Bonchev–Trinajstić information content (AvgIpc) is 2.32. The lowest BCUT2D eigenvalue weighted by atomic mass is 9.62. The normalized spacial score (nSPS) is 16.5. The van der Waals surface area contributed by atoms with E-state index in [2.05, 4.69) is 5.32 Å². The van der Waals surface area contributed by atoms with Crippen LogP contribution in [0.5, 0.6) is 0 Å². The number of carbonyl (C=O) groups is 2. The number of carboxylic acid groups (broad SMARTS) is 1. The number of hydrogen-bond acceptors (Lipinski definition) is 3. The maximum atomic E-state index is 11.7. The van der Waals surface area contributed by atoms with E-state index in [0.717, 1.165) is 24.8 Å². The van der Waals surface area contributed by atoms with Gasteiger partial charge in [0.1, 0.15) is 5.60 Å². The van der Waals surface area contributed by atoms with Crippen molar-refractivity contribution in [3.05, 3.63) is 29.8 Å². The van der Waals surface area contributed by atoms with Crippen LogP contribution < -0.4 is 5.32 Å². The lowest BCUT2D eigenvalue weighted by molar-refractivity contribution is -0.139. The number of nitrogens with one attached hydrogen (secondary N) is 1. The highest BCUT2D eigenvalue weighted by molar-refractivity contribution is 5.84. The SMILES string of the molecule is CC(C)(C)OC(=O)Nc1ccc(C2(CC(=O)O)CCC2)cc1. The molecule has 0 radical (unpaired) electrons. The molecule has 120 valence electrons. The molecule has 1 aliphatic rings. The number of rotatable bonds is 4. The number of anilines is 1. The van der Waals surface area contributed by atoms with Crippen LogP contribution in [-0.4, -0.2) is 22.8 Å². The van der Waals surface area contributed by atoms with Crippen molar-refractivity contribution in [1.82, 2.24) is 0 Å². The number of benzene rings is 1. The second-order valence-electron chi connectivity index (χ2n) is 6.91. The van der Waals surface area contributed by atoms with Crippen LogP contribution in [-0.2, 0) is 14.9 Å². The molecule has 1 aromatic rings. The molecule has 5 heteroatoms. The summed E-state index contributed by atoms with van der Waals surface area (Å²) in [5.74, 6) is -0.768. The minimum atomic E-state index is -0.768. The molecule has 0 aliphatic heterocycles. The predicted octanol–water partition coefficient (Wildman–Crippen LogP) is 3.93. The van der Waals surface area contributed by atoms with Crippen LogP contribution in [0.2, 0.25) is 0 Å². The van der Waals surface area contributed by atoms with Crippen molar-refractivity contribution in [3.8, 4) is 0 Å². The van der Waals surface area contributed by atoms with Crippen molar-refractivity contribution in [2.75, 3.05) is 5.32 Å². The number of hydrogen-bond donors (Lipinski definition) is 2. The summed E-state index contributed by atoms with van der Waals surface area (Å²) >= 11 is 0. The van der Waals surface area contributed by atoms with E-state index in [9.17, 15) is 9.59 Å². The fourth-order valence-corrected chi connectivity index (χ4v) is 2.79. The minimum absolute atomic E-state index is 0.159. The summed E-state index contributed by atoms with van der Waals surface area (Å²) in [5, 5.41) is 11.8. The Labute approximate surface area is 130 Å². The maximum absolute atomic E-state index is 11.7. The van der Waals surface area contributed by atoms with Crippen molar-refractivity contribution in [2.45, 2.75) is 57.5 Å². The third-order valence-corrected chi connectivity index (χ3v) is 3.94. The third-order valence-electron chi connectivity index (χ3n) is 3.94. The molecule has 0 atom stereocenters. The van der Waals surface area contributed by atoms with E-state index in [1.54, 1.807) is 12.1 Å². The molecule has 1 saturated carbocycles. The molecule has 0 aromatic heterocycles. The Morgan fingerprint density at radius 3 is 2.23 bits per heavy atom. The molecular formula is C17H23NO4. The molecule has 0 bridgehead atoms. The summed E-state index contributed by atoms with van der Waals surface area (Å²) in [4.78, 5) is 22.8. The Hall–Kier alpha value is -2.04. The van der Waals surface area contributed by atoms with Crippen molar-refractivity contribution >= 4 is 17.7 Å². The monoisotopic (exact) mass is 305 g/mol. The minimum Gasteiger partial charge on any atom is -0.481 e. The number of ether oxygens (including phenoxy) is 1. The summed E-state index contributed by atoms with van der Waals surface area (Å²) in [7, 11) is 0. The lowest BCUT2D eigenvalue weighted by Gasteiger charge is -2.41. The van der Waals surface area contributed by atoms with Crippen molar-refractivity contribution in [1.29, 1.82) is 0 Å². The fraction of sp³-hybridized carbons (Fsp3) is 0.529. The van der Waals surface area contributed by atoms with Crippen LogP contribution >= 0.6 is 0 Å². The zero-order valence-electron chi connectivity index (χ0n) is 13.3. The second kappa shape index (κ2) is 5.99. The Balaban J connectivity index is 2.04. The topological polar surface area (TPSA) is 75.6 Å². The molecule has 0 saturated heterocycles. The Morgan fingerprint density at radius 1 is 1.23 bits per heavy atom. The van der Waals surface area contributed by atoms with Gasteiger partial charge in [-0.3, -0.25) is 10.1 Å². The molecular weight excluding hydrogens is 282 g/mol. The van der Waals surface area contributed by atoms with Crippen molar-refractivity contribution in [3.63, 3.8) is 0 Å². The summed E-state index contributed by atoms with van der Waals surface area (Å²) in [6, 6.07) is 7.38. The highest BCUT2D eigenvalue weighted by Gasteiger charge is 2.40. The summed E-state index contributed by atoms with van der Waals surface area (Å²) < 4.78 is 5.20. The predicted molar refractivity (Wildman–Crippen MR) is 84.1 cm³/mol. The molecule has 2 N–H and O–H groups in total. The molecule has 22 heavy (non-hydrogen) atoms. The van der Waals surface area contributed by atoms with Crippen molar-refractivity contribution < 1.29 is 19.4 Å². The molecule has 1 aliphatic carbocycles. The van der Waals surface area contributed by atoms with E-state index in [0.29, 0.717) is 5.69 Å². The molecule has 1 fully saturated rings. The summed E-state index contributed by atoms with van der Waals surface area (Å²) in [5.41, 5.74) is 0.885. The van der Waals surface area contributed by atoms with Gasteiger partial charge in [-0.2, -0.15) is 0 Å². The van der Waals surface area contributed by atoms with Gasteiger partial charge in [-0.15, -0.1) is 0 Å². The zero-order valence-corrected chi connectivity index (χ0v) is 13.3. The van der Waals surface area contributed by atoms with Gasteiger partial charge in [0.25, 0.3) is 0 Å². The van der Waals surface area contributed by atoms with Gasteiger partial charge in [0.15, 0.2) is 0 Å². The van der Waals surface area contributed by atoms with Gasteiger partial charge >= 0.3 is 12.1 Å². The summed E-state index contributed by atoms with van der Waals surface area (Å²) in [6.45, 7) is 5.42. The summed E-state index contributed by atoms with van der Waals surface area (Å²) in [6.07, 6.45) is 2.52. The van der Waals surface area contributed by atoms with Crippen LogP contribution in [0.3, 0.4) is 0 Å². The van der Waals surface area contributed by atoms with Gasteiger partial charge in [0.2, 0.25) is 0 Å². The molecule has 0 spiro atoms. The Morgan fingerprint density at radius 2 is 1.82 bits per heavy atom. The van der Waals surface area contributed by atoms with Crippen LogP contribution in [0, 0.1) is 0 Å². The number of aliphatic carboxylic acids is 1. The molecule has 0 heterocycles. The smallest absolute Gasteiger partial charge is 0.412 e. The van der Waals surface area contributed by atoms with E-state index < -0.39 is 17.7 Å². The molecule has 5 nitrogen and oxygen atoms in total. The van der Waals surface area contributed by atoms with Crippen LogP contribution in [0.15, 0.2) is 24.3 Å². The molecule has 1 aromatic carbocycles. The van der Waals surface area contributed by atoms with Crippen LogP contribution in [0.25, 0.3) is 0 Å². The van der Waals surface area contributed by atoms with Gasteiger partial charge in [0.05, 0.1) is 6.42 Å². The number of carboxylic acids is 1. The first-order chi connectivity index (χ1) is 10.2. The van der Waals surface area contributed by atoms with Gasteiger partial charge in [-0.1, -0.05) is 18.6 Å².